The van der Waals surface area contributed by atoms with Gasteiger partial charge >= 0.3 is 6.03 Å². The van der Waals surface area contributed by atoms with Crippen molar-refractivity contribution < 1.29 is 9.59 Å². The summed E-state index contributed by atoms with van der Waals surface area (Å²) in [6, 6.07) is -0.0232. The summed E-state index contributed by atoms with van der Waals surface area (Å²) >= 11 is 0. The van der Waals surface area contributed by atoms with Crippen molar-refractivity contribution in [2.45, 2.75) is 123 Å². The molecule has 0 aliphatic rings. The summed E-state index contributed by atoms with van der Waals surface area (Å²) in [6.45, 7) is 6.72. The maximum Gasteiger partial charge on any atom is 0.314 e. The van der Waals surface area contributed by atoms with Gasteiger partial charge in [-0.2, -0.15) is 0 Å². The van der Waals surface area contributed by atoms with E-state index < -0.39 is 0 Å². The Kier molecular flexibility index (Phi) is 22.0. The van der Waals surface area contributed by atoms with E-state index in [1.807, 2.05) is 0 Å². The largest absolute Gasteiger partial charge is 0.356 e. The van der Waals surface area contributed by atoms with Crippen LogP contribution in [0.25, 0.3) is 0 Å². The molecule has 0 heterocycles. The molecule has 0 radical (unpaired) electrons. The molecule has 0 bridgehead atoms. The van der Waals surface area contributed by atoms with Crippen LogP contribution >= 0.6 is 0 Å². The Morgan fingerprint density at radius 3 is 1.41 bits per heavy atom. The van der Waals surface area contributed by atoms with Crippen molar-refractivity contribution in [1.29, 1.82) is 0 Å². The van der Waals surface area contributed by atoms with Crippen molar-refractivity contribution >= 4 is 11.9 Å². The van der Waals surface area contributed by atoms with E-state index in [-0.39, 0.29) is 11.9 Å². The topological polar surface area (TPSA) is 70.2 Å². The van der Waals surface area contributed by atoms with Gasteiger partial charge in [-0.3, -0.25) is 4.79 Å². The number of carbonyl (C=O) groups is 2. The zero-order valence-corrected chi connectivity index (χ0v) is 19.5. The van der Waals surface area contributed by atoms with E-state index in [0.29, 0.717) is 6.42 Å². The first-order valence-corrected chi connectivity index (χ1v) is 12.5. The molecule has 0 atom stereocenters. The minimum atomic E-state index is -0.0232. The summed E-state index contributed by atoms with van der Waals surface area (Å²) in [5, 5.41) is 8.84. The molecule has 0 rings (SSSR count). The Hall–Kier alpha value is -1.26. The predicted octanol–water partition coefficient (Wildman–Crippen LogP) is 6.07. The van der Waals surface area contributed by atoms with Crippen LogP contribution in [-0.4, -0.2) is 31.6 Å². The maximum atomic E-state index is 11.7. The molecule has 0 aromatic rings. The van der Waals surface area contributed by atoms with Crippen LogP contribution in [-0.2, 0) is 4.79 Å². The third kappa shape index (κ3) is 22.9. The normalized spacial score (nSPS) is 10.7. The third-order valence-corrected chi connectivity index (χ3v) is 5.28. The molecule has 0 aliphatic heterocycles. The highest BCUT2D eigenvalue weighted by Gasteiger charge is 2.00. The number of amides is 3. The van der Waals surface area contributed by atoms with Crippen molar-refractivity contribution in [1.82, 2.24) is 16.0 Å². The van der Waals surface area contributed by atoms with Crippen molar-refractivity contribution in [2.75, 3.05) is 19.6 Å². The van der Waals surface area contributed by atoms with Gasteiger partial charge in [0.25, 0.3) is 0 Å². The van der Waals surface area contributed by atoms with E-state index in [1.165, 1.54) is 70.6 Å². The van der Waals surface area contributed by atoms with E-state index in [9.17, 15) is 9.59 Å². The maximum absolute atomic E-state index is 11.7. The Morgan fingerprint density at radius 2 is 0.897 bits per heavy atom. The molecule has 0 spiro atoms. The highest BCUT2D eigenvalue weighted by molar-refractivity contribution is 5.75. The van der Waals surface area contributed by atoms with E-state index in [4.69, 9.17) is 0 Å². The lowest BCUT2D eigenvalue weighted by Gasteiger charge is -2.07. The zero-order valence-electron chi connectivity index (χ0n) is 19.5. The Balaban J connectivity index is 3.16. The molecule has 3 N–H and O–H groups in total. The molecule has 3 amide bonds. The van der Waals surface area contributed by atoms with E-state index in [0.717, 1.165) is 51.7 Å². The zero-order chi connectivity index (χ0) is 21.4. The smallest absolute Gasteiger partial charge is 0.314 e. The van der Waals surface area contributed by atoms with Crippen LogP contribution in [0.2, 0.25) is 0 Å². The molecule has 5 nitrogen and oxygen atoms in total. The summed E-state index contributed by atoms with van der Waals surface area (Å²) in [7, 11) is 0. The predicted molar refractivity (Wildman–Crippen MR) is 124 cm³/mol. The highest BCUT2D eigenvalue weighted by atomic mass is 16.2. The van der Waals surface area contributed by atoms with Gasteiger partial charge in [0, 0.05) is 26.1 Å². The molecule has 0 aromatic carbocycles. The van der Waals surface area contributed by atoms with Crippen LogP contribution in [0, 0.1) is 0 Å². The monoisotopic (exact) mass is 411 g/mol. The molecule has 172 valence electrons. The molecule has 0 fully saturated rings. The average molecular weight is 412 g/mol. The molecule has 0 unspecified atom stereocenters. The lowest BCUT2D eigenvalue weighted by atomic mass is 10.1. The number of rotatable bonds is 21. The molecular formula is C24H49N3O2. The minimum absolute atomic E-state index is 0.0232. The number of hydrogen-bond donors (Lipinski definition) is 3. The summed E-state index contributed by atoms with van der Waals surface area (Å²) < 4.78 is 0. The molecule has 29 heavy (non-hydrogen) atoms. The number of nitrogens with one attached hydrogen (secondary N) is 3. The van der Waals surface area contributed by atoms with Crippen LogP contribution in [0.3, 0.4) is 0 Å². The fourth-order valence-corrected chi connectivity index (χ4v) is 3.34. The average Bonchev–Trinajstić information content (AvgIpc) is 2.71. The van der Waals surface area contributed by atoms with Crippen molar-refractivity contribution in [3.63, 3.8) is 0 Å². The van der Waals surface area contributed by atoms with E-state index in [2.05, 4.69) is 29.8 Å². The molecular weight excluding hydrogens is 362 g/mol. The number of hydrogen-bond acceptors (Lipinski definition) is 2. The minimum Gasteiger partial charge on any atom is -0.356 e. The number of carbonyl (C=O) groups excluding carboxylic acids is 2. The second-order valence-corrected chi connectivity index (χ2v) is 8.23. The van der Waals surface area contributed by atoms with Crippen LogP contribution in [0.5, 0.6) is 0 Å². The first kappa shape index (κ1) is 27.7. The van der Waals surface area contributed by atoms with Gasteiger partial charge in [0.1, 0.15) is 0 Å². The number of urea groups is 1. The SMILES string of the molecule is CCCCCCC(=O)NCCCCCCCCCCCCNC(=O)NCCCC. The van der Waals surface area contributed by atoms with E-state index >= 15 is 0 Å². The Bertz CT molecular complexity index is 375. The highest BCUT2D eigenvalue weighted by Crippen LogP contribution is 2.10. The summed E-state index contributed by atoms with van der Waals surface area (Å²) in [4.78, 5) is 23.1. The van der Waals surface area contributed by atoms with E-state index in [1.54, 1.807) is 0 Å². The molecule has 0 aromatic heterocycles. The Labute approximate surface area is 180 Å². The van der Waals surface area contributed by atoms with Gasteiger partial charge in [-0.25, -0.2) is 4.79 Å². The first-order valence-electron chi connectivity index (χ1n) is 12.5. The van der Waals surface area contributed by atoms with Gasteiger partial charge in [0.05, 0.1) is 0 Å². The van der Waals surface area contributed by atoms with Crippen molar-refractivity contribution in [3.05, 3.63) is 0 Å². The van der Waals surface area contributed by atoms with Crippen molar-refractivity contribution in [3.8, 4) is 0 Å². The lowest BCUT2D eigenvalue weighted by Crippen LogP contribution is -2.36. The van der Waals surface area contributed by atoms with Gasteiger partial charge < -0.3 is 16.0 Å². The molecule has 5 heteroatoms. The molecule has 0 saturated heterocycles. The van der Waals surface area contributed by atoms with Gasteiger partial charge in [-0.1, -0.05) is 90.9 Å². The van der Waals surface area contributed by atoms with Crippen LogP contribution in [0.4, 0.5) is 4.79 Å². The summed E-state index contributed by atoms with van der Waals surface area (Å²) in [5.74, 6) is 0.230. The van der Waals surface area contributed by atoms with Gasteiger partial charge in [0.15, 0.2) is 0 Å². The van der Waals surface area contributed by atoms with Crippen LogP contribution in [0.15, 0.2) is 0 Å². The standard InChI is InChI=1S/C24H49N3O2/c1-3-5-7-16-19-23(28)25-21-17-14-12-10-8-9-11-13-15-18-22-27-24(29)26-20-6-4-2/h3-22H2,1-2H3,(H,25,28)(H2,26,27,29). The third-order valence-electron chi connectivity index (χ3n) is 5.28. The van der Waals surface area contributed by atoms with Gasteiger partial charge in [0.2, 0.25) is 5.91 Å². The van der Waals surface area contributed by atoms with Gasteiger partial charge in [-0.15, -0.1) is 0 Å². The number of unbranched alkanes of at least 4 members (excludes halogenated alkanes) is 13. The Morgan fingerprint density at radius 1 is 0.483 bits per heavy atom. The second kappa shape index (κ2) is 23.0. The molecule has 0 saturated carbocycles. The van der Waals surface area contributed by atoms with Crippen LogP contribution < -0.4 is 16.0 Å². The van der Waals surface area contributed by atoms with Gasteiger partial charge in [-0.05, 0) is 25.7 Å². The fraction of sp³-hybridized carbons (Fsp3) is 0.917. The quantitative estimate of drug-likeness (QED) is 0.200. The lowest BCUT2D eigenvalue weighted by molar-refractivity contribution is -0.121. The van der Waals surface area contributed by atoms with Crippen LogP contribution in [0.1, 0.15) is 123 Å². The summed E-state index contributed by atoms with van der Waals surface area (Å²) in [6.07, 6.45) is 19.9. The fourth-order valence-electron chi connectivity index (χ4n) is 3.34. The first-order chi connectivity index (χ1) is 14.2. The summed E-state index contributed by atoms with van der Waals surface area (Å²) in [5.41, 5.74) is 0. The van der Waals surface area contributed by atoms with Crippen molar-refractivity contribution in [2.24, 2.45) is 0 Å². The molecule has 0 aliphatic carbocycles. The second-order valence-electron chi connectivity index (χ2n) is 8.23.